The van der Waals surface area contributed by atoms with Gasteiger partial charge in [-0.25, -0.2) is 4.79 Å². The van der Waals surface area contributed by atoms with Crippen molar-refractivity contribution in [3.05, 3.63) is 11.8 Å². The van der Waals surface area contributed by atoms with Crippen LogP contribution in [0.15, 0.2) is 11.8 Å². The van der Waals surface area contributed by atoms with Gasteiger partial charge in [0.15, 0.2) is 0 Å². The maximum absolute atomic E-state index is 11.8. The van der Waals surface area contributed by atoms with Gasteiger partial charge in [-0.1, -0.05) is 32.6 Å². The topological polar surface area (TPSA) is 55.8 Å². The van der Waals surface area contributed by atoms with Crippen molar-refractivity contribution in [3.63, 3.8) is 0 Å². The maximum atomic E-state index is 11.8. The first-order valence-corrected chi connectivity index (χ1v) is 12.7. The molecular weight excluding hydrogens is 376 g/mol. The number of carbonyl (C=O) groups is 1. The number of aliphatic carboxylic acids is 1. The lowest BCUT2D eigenvalue weighted by molar-refractivity contribution is -0.156. The lowest BCUT2D eigenvalue weighted by atomic mass is 9.48. The number of ether oxygens (including phenoxy) is 2. The third-order valence-corrected chi connectivity index (χ3v) is 8.55. The van der Waals surface area contributed by atoms with E-state index in [2.05, 4.69) is 6.92 Å². The molecule has 1 atom stereocenters. The Bertz CT molecular complexity index is 583. The van der Waals surface area contributed by atoms with E-state index >= 15 is 0 Å². The van der Waals surface area contributed by atoms with Gasteiger partial charge in [0.25, 0.3) is 0 Å². The van der Waals surface area contributed by atoms with E-state index in [0.29, 0.717) is 18.6 Å². The Balaban J connectivity index is 1.15. The van der Waals surface area contributed by atoms with Crippen LogP contribution >= 0.6 is 0 Å². The van der Waals surface area contributed by atoms with Gasteiger partial charge in [0.05, 0.1) is 30.6 Å². The molecule has 5 rings (SSSR count). The van der Waals surface area contributed by atoms with Crippen molar-refractivity contribution in [1.82, 2.24) is 0 Å². The number of hydrogen-bond acceptors (Lipinski definition) is 3. The largest absolute Gasteiger partial charge is 0.501 e. The zero-order chi connectivity index (χ0) is 21.0. The fourth-order valence-electron chi connectivity index (χ4n) is 7.59. The minimum Gasteiger partial charge on any atom is -0.501 e. The van der Waals surface area contributed by atoms with Crippen LogP contribution in [0.4, 0.5) is 0 Å². The minimum absolute atomic E-state index is 0.196. The number of rotatable bonds is 13. The second-order valence-electron chi connectivity index (χ2n) is 11.1. The quantitative estimate of drug-likeness (QED) is 0.211. The summed E-state index contributed by atoms with van der Waals surface area (Å²) in [4.78, 5) is 11.8. The molecular formula is C26H42O4. The van der Waals surface area contributed by atoms with Gasteiger partial charge in [0.1, 0.15) is 0 Å². The van der Waals surface area contributed by atoms with Gasteiger partial charge in [-0.2, -0.15) is 0 Å². The molecule has 5 aliphatic rings. The predicted molar refractivity (Wildman–Crippen MR) is 118 cm³/mol. The van der Waals surface area contributed by atoms with E-state index in [-0.39, 0.29) is 11.0 Å². The number of carboxylic acid groups (broad SMARTS) is 1. The Morgan fingerprint density at radius 3 is 2.20 bits per heavy atom. The summed E-state index contributed by atoms with van der Waals surface area (Å²) in [6.07, 6.45) is 19.6. The van der Waals surface area contributed by atoms with Crippen LogP contribution < -0.4 is 0 Å². The second-order valence-corrected chi connectivity index (χ2v) is 11.1. The van der Waals surface area contributed by atoms with Gasteiger partial charge >= 0.3 is 5.97 Å². The van der Waals surface area contributed by atoms with Crippen LogP contribution in [-0.4, -0.2) is 29.9 Å². The molecule has 0 aromatic heterocycles. The minimum atomic E-state index is -0.785. The first-order valence-electron chi connectivity index (χ1n) is 12.7. The summed E-state index contributed by atoms with van der Waals surface area (Å²) >= 11 is 0. The Hall–Kier alpha value is -1.03. The van der Waals surface area contributed by atoms with Crippen molar-refractivity contribution < 1.29 is 19.4 Å². The summed E-state index contributed by atoms with van der Waals surface area (Å²) in [5, 5.41) is 9.74. The van der Waals surface area contributed by atoms with Gasteiger partial charge in [0.2, 0.25) is 0 Å². The van der Waals surface area contributed by atoms with Crippen molar-refractivity contribution in [2.75, 3.05) is 13.2 Å². The fraction of sp³-hybridized carbons (Fsp3) is 0.885. The van der Waals surface area contributed by atoms with Crippen molar-refractivity contribution in [3.8, 4) is 0 Å². The van der Waals surface area contributed by atoms with Crippen molar-refractivity contribution in [2.45, 2.75) is 109 Å². The van der Waals surface area contributed by atoms with Crippen molar-refractivity contribution in [1.29, 1.82) is 0 Å². The van der Waals surface area contributed by atoms with Crippen LogP contribution in [0.3, 0.4) is 0 Å². The molecule has 4 saturated carbocycles. The van der Waals surface area contributed by atoms with Crippen LogP contribution in [0.1, 0.15) is 103 Å². The smallest absolute Gasteiger partial charge is 0.334 e. The predicted octanol–water partition coefficient (Wildman–Crippen LogP) is 6.49. The molecule has 1 saturated heterocycles. The molecule has 1 N–H and O–H groups in total. The van der Waals surface area contributed by atoms with Crippen LogP contribution in [0.25, 0.3) is 0 Å². The van der Waals surface area contributed by atoms with Crippen LogP contribution in [-0.2, 0) is 14.3 Å². The Morgan fingerprint density at radius 1 is 1.03 bits per heavy atom. The molecule has 1 heterocycles. The summed E-state index contributed by atoms with van der Waals surface area (Å²) < 4.78 is 11.6. The molecule has 0 aromatic carbocycles. The number of carboxylic acids is 1. The lowest BCUT2D eigenvalue weighted by Crippen LogP contribution is -2.46. The average molecular weight is 419 g/mol. The van der Waals surface area contributed by atoms with Crippen LogP contribution in [0, 0.1) is 23.2 Å². The van der Waals surface area contributed by atoms with E-state index in [9.17, 15) is 9.90 Å². The Labute approximate surface area is 182 Å². The molecule has 5 fully saturated rings. The van der Waals surface area contributed by atoms with E-state index in [1.807, 2.05) is 0 Å². The summed E-state index contributed by atoms with van der Waals surface area (Å²) in [5.41, 5.74) is 0.947. The molecule has 0 aromatic rings. The molecule has 170 valence electrons. The zero-order valence-electron chi connectivity index (χ0n) is 19.0. The highest BCUT2D eigenvalue weighted by molar-refractivity contribution is 5.86. The molecule has 1 unspecified atom stereocenters. The number of hydrogen-bond donors (Lipinski definition) is 1. The van der Waals surface area contributed by atoms with Gasteiger partial charge in [0, 0.05) is 0 Å². The molecule has 4 heteroatoms. The molecule has 4 nitrogen and oxygen atoms in total. The SMILES string of the molecule is CCCC1(CCCCCCOC=C(CC23CC4CC(CC(C4)C2)C3)C(=O)O)CCO1. The third kappa shape index (κ3) is 5.23. The molecule has 4 bridgehead atoms. The third-order valence-electron chi connectivity index (χ3n) is 8.55. The highest BCUT2D eigenvalue weighted by Crippen LogP contribution is 2.62. The molecule has 1 aliphatic heterocycles. The van der Waals surface area contributed by atoms with E-state index in [4.69, 9.17) is 9.47 Å². The van der Waals surface area contributed by atoms with Gasteiger partial charge < -0.3 is 14.6 Å². The number of unbranched alkanes of at least 4 members (excludes halogenated alkanes) is 3. The second kappa shape index (κ2) is 9.63. The van der Waals surface area contributed by atoms with E-state index in [1.165, 1.54) is 77.0 Å². The molecule has 0 spiro atoms. The fourth-order valence-corrected chi connectivity index (χ4v) is 7.59. The van der Waals surface area contributed by atoms with Crippen LogP contribution in [0.2, 0.25) is 0 Å². The first kappa shape index (κ1) is 22.2. The summed E-state index contributed by atoms with van der Waals surface area (Å²) in [6.45, 7) is 3.81. The maximum Gasteiger partial charge on any atom is 0.334 e. The standard InChI is InChI=1S/C26H42O4/c1-2-7-26(9-11-30-26)8-5-3-4-6-10-29-19-23(24(27)28)18-25-15-20-12-21(16-25)14-22(13-20)17-25/h19-22H,2-18H2,1H3,(H,27,28). The first-order chi connectivity index (χ1) is 14.5. The van der Waals surface area contributed by atoms with E-state index in [0.717, 1.165) is 37.2 Å². The van der Waals surface area contributed by atoms with Crippen molar-refractivity contribution >= 4 is 5.97 Å². The zero-order valence-corrected chi connectivity index (χ0v) is 19.0. The Kier molecular flexibility index (Phi) is 7.12. The molecule has 30 heavy (non-hydrogen) atoms. The normalized spacial score (nSPS) is 37.2. The molecule has 4 aliphatic carbocycles. The highest BCUT2D eigenvalue weighted by Gasteiger charge is 2.51. The van der Waals surface area contributed by atoms with Gasteiger partial charge in [-0.05, 0) is 93.8 Å². The summed E-state index contributed by atoms with van der Waals surface area (Å²) in [7, 11) is 0. The lowest BCUT2D eigenvalue weighted by Gasteiger charge is -2.57. The molecule has 0 radical (unpaired) electrons. The van der Waals surface area contributed by atoms with E-state index < -0.39 is 5.97 Å². The van der Waals surface area contributed by atoms with Gasteiger partial charge in [-0.3, -0.25) is 0 Å². The highest BCUT2D eigenvalue weighted by atomic mass is 16.5. The van der Waals surface area contributed by atoms with Gasteiger partial charge in [-0.15, -0.1) is 0 Å². The summed E-state index contributed by atoms with van der Waals surface area (Å²) in [5.74, 6) is 1.78. The average Bonchev–Trinajstić information content (AvgIpc) is 2.65. The Morgan fingerprint density at radius 2 is 1.67 bits per heavy atom. The van der Waals surface area contributed by atoms with Crippen LogP contribution in [0.5, 0.6) is 0 Å². The molecule has 0 amide bonds. The van der Waals surface area contributed by atoms with Crippen molar-refractivity contribution in [2.24, 2.45) is 23.2 Å². The van der Waals surface area contributed by atoms with E-state index in [1.54, 1.807) is 6.26 Å². The summed E-state index contributed by atoms with van der Waals surface area (Å²) in [6, 6.07) is 0. The monoisotopic (exact) mass is 418 g/mol.